The summed E-state index contributed by atoms with van der Waals surface area (Å²) in [4.78, 5) is 0. The summed E-state index contributed by atoms with van der Waals surface area (Å²) in [5.41, 5.74) is 4.25. The van der Waals surface area contributed by atoms with Gasteiger partial charge in [-0.25, -0.2) is 0 Å². The van der Waals surface area contributed by atoms with Crippen LogP contribution in [0.25, 0.3) is 6.08 Å². The number of nitrogens with zero attached hydrogens (tertiary/aromatic N) is 1. The Balaban J connectivity index is 2.08. The molecule has 18 heavy (non-hydrogen) atoms. The van der Waals surface area contributed by atoms with Gasteiger partial charge < -0.3 is 5.32 Å². The summed E-state index contributed by atoms with van der Waals surface area (Å²) in [6.07, 6.45) is 3.96. The van der Waals surface area contributed by atoms with E-state index in [0.717, 1.165) is 5.56 Å². The van der Waals surface area contributed by atoms with Gasteiger partial charge in [0, 0.05) is 0 Å². The predicted molar refractivity (Wildman–Crippen MR) is 71.6 cm³/mol. The Labute approximate surface area is 106 Å². The number of hydrogen-bond acceptors (Lipinski definition) is 2. The molecule has 0 radical (unpaired) electrons. The van der Waals surface area contributed by atoms with Crippen LogP contribution in [0.2, 0.25) is 0 Å². The van der Waals surface area contributed by atoms with E-state index in [4.69, 9.17) is 5.26 Å². The van der Waals surface area contributed by atoms with Crippen molar-refractivity contribution in [1.29, 1.82) is 5.26 Å². The van der Waals surface area contributed by atoms with Crippen molar-refractivity contribution in [1.82, 2.24) is 5.32 Å². The van der Waals surface area contributed by atoms with Gasteiger partial charge in [0.05, 0.1) is 17.7 Å². The quantitative estimate of drug-likeness (QED) is 0.819. The van der Waals surface area contributed by atoms with Crippen LogP contribution in [0.1, 0.15) is 28.3 Å². The number of fused-ring (bicyclic) bond motifs is 1. The molecule has 1 unspecified atom stereocenters. The number of rotatable bonds is 1. The average Bonchev–Trinajstić information content (AvgIpc) is 2.47. The largest absolute Gasteiger partial charge is 0.380 e. The first-order valence-corrected chi connectivity index (χ1v) is 5.90. The normalized spacial score (nSPS) is 16.5. The van der Waals surface area contributed by atoms with Crippen LogP contribution < -0.4 is 5.32 Å². The molecule has 1 aliphatic rings. The molecule has 0 bridgehead atoms. The van der Waals surface area contributed by atoms with Gasteiger partial charge in [-0.05, 0) is 41.1 Å². The van der Waals surface area contributed by atoms with Crippen LogP contribution in [0.15, 0.2) is 54.7 Å². The third-order valence-electron chi connectivity index (χ3n) is 3.19. The molecule has 0 amide bonds. The first-order valence-electron chi connectivity index (χ1n) is 5.90. The Hall–Kier alpha value is -2.53. The minimum Gasteiger partial charge on any atom is -0.380 e. The molecule has 1 atom stereocenters. The molecule has 1 N–H and O–H groups in total. The Bertz CT molecular complexity index is 636. The lowest BCUT2D eigenvalue weighted by Crippen LogP contribution is -2.20. The second-order valence-electron chi connectivity index (χ2n) is 4.30. The summed E-state index contributed by atoms with van der Waals surface area (Å²) in [6, 6.07) is 18.5. The highest BCUT2D eigenvalue weighted by molar-refractivity contribution is 5.61. The Kier molecular flexibility index (Phi) is 2.59. The molecular formula is C16H12N2. The lowest BCUT2D eigenvalue weighted by atomic mass is 9.91. The first kappa shape index (κ1) is 10.6. The molecule has 0 fully saturated rings. The van der Waals surface area contributed by atoms with E-state index < -0.39 is 0 Å². The lowest BCUT2D eigenvalue weighted by Gasteiger charge is -2.24. The highest BCUT2D eigenvalue weighted by Gasteiger charge is 2.18. The van der Waals surface area contributed by atoms with Crippen molar-refractivity contribution in [3.8, 4) is 6.07 Å². The minimum absolute atomic E-state index is 0.166. The third-order valence-corrected chi connectivity index (χ3v) is 3.19. The molecule has 0 saturated heterocycles. The van der Waals surface area contributed by atoms with Crippen LogP contribution in [0.5, 0.6) is 0 Å². The first-order chi connectivity index (χ1) is 8.88. The second-order valence-corrected chi connectivity index (χ2v) is 4.30. The number of hydrogen-bond donors (Lipinski definition) is 1. The monoisotopic (exact) mass is 232 g/mol. The van der Waals surface area contributed by atoms with Crippen LogP contribution in [-0.2, 0) is 0 Å². The van der Waals surface area contributed by atoms with Crippen molar-refractivity contribution >= 4 is 6.08 Å². The van der Waals surface area contributed by atoms with E-state index in [2.05, 4.69) is 23.5 Å². The smallest absolute Gasteiger partial charge is 0.0991 e. The Morgan fingerprint density at radius 2 is 1.89 bits per heavy atom. The third kappa shape index (κ3) is 1.76. The Morgan fingerprint density at radius 1 is 1.06 bits per heavy atom. The topological polar surface area (TPSA) is 35.8 Å². The van der Waals surface area contributed by atoms with Crippen LogP contribution in [-0.4, -0.2) is 0 Å². The fourth-order valence-corrected chi connectivity index (χ4v) is 2.30. The number of benzene rings is 2. The summed E-state index contributed by atoms with van der Waals surface area (Å²) < 4.78 is 0. The predicted octanol–water partition coefficient (Wildman–Crippen LogP) is 3.22. The van der Waals surface area contributed by atoms with Gasteiger partial charge in [-0.2, -0.15) is 5.26 Å². The summed E-state index contributed by atoms with van der Waals surface area (Å²) >= 11 is 0. The standard InChI is InChI=1S/C16H12N2/c17-11-12-6-7-15-14(10-12)8-9-18-16(15)13-4-2-1-3-5-13/h1-10,16,18H. The lowest BCUT2D eigenvalue weighted by molar-refractivity contribution is 0.721. The maximum absolute atomic E-state index is 8.93. The van der Waals surface area contributed by atoms with Gasteiger partial charge in [0.15, 0.2) is 0 Å². The zero-order valence-electron chi connectivity index (χ0n) is 9.80. The highest BCUT2D eigenvalue weighted by Crippen LogP contribution is 2.29. The molecule has 0 saturated carbocycles. The molecule has 2 heteroatoms. The van der Waals surface area contributed by atoms with Crippen molar-refractivity contribution in [3.05, 3.63) is 77.0 Å². The van der Waals surface area contributed by atoms with Crippen molar-refractivity contribution < 1.29 is 0 Å². The molecule has 0 aliphatic carbocycles. The van der Waals surface area contributed by atoms with Gasteiger partial charge in [0.25, 0.3) is 0 Å². The maximum atomic E-state index is 8.93. The highest BCUT2D eigenvalue weighted by atomic mass is 14.9. The van der Waals surface area contributed by atoms with E-state index in [0.29, 0.717) is 5.56 Å². The average molecular weight is 232 g/mol. The van der Waals surface area contributed by atoms with Crippen LogP contribution in [0, 0.1) is 11.3 Å². The van der Waals surface area contributed by atoms with E-state index in [-0.39, 0.29) is 6.04 Å². The molecule has 2 aromatic carbocycles. The molecule has 3 rings (SSSR count). The van der Waals surface area contributed by atoms with Gasteiger partial charge in [-0.3, -0.25) is 0 Å². The van der Waals surface area contributed by atoms with Crippen LogP contribution in [0.4, 0.5) is 0 Å². The van der Waals surface area contributed by atoms with Crippen molar-refractivity contribution in [2.45, 2.75) is 6.04 Å². The van der Waals surface area contributed by atoms with E-state index in [1.165, 1.54) is 11.1 Å². The van der Waals surface area contributed by atoms with Gasteiger partial charge >= 0.3 is 0 Å². The molecule has 1 heterocycles. The maximum Gasteiger partial charge on any atom is 0.0991 e. The van der Waals surface area contributed by atoms with Crippen LogP contribution >= 0.6 is 0 Å². The SMILES string of the molecule is N#Cc1ccc2c(c1)C=CNC2c1ccccc1. The van der Waals surface area contributed by atoms with E-state index in [9.17, 15) is 0 Å². The Morgan fingerprint density at radius 3 is 2.67 bits per heavy atom. The molecule has 1 aliphatic heterocycles. The summed E-state index contributed by atoms with van der Waals surface area (Å²) in [7, 11) is 0. The van der Waals surface area contributed by atoms with Gasteiger partial charge in [0.2, 0.25) is 0 Å². The van der Waals surface area contributed by atoms with Crippen molar-refractivity contribution in [3.63, 3.8) is 0 Å². The zero-order chi connectivity index (χ0) is 12.4. The molecule has 2 nitrogen and oxygen atoms in total. The second kappa shape index (κ2) is 4.38. The molecular weight excluding hydrogens is 220 g/mol. The molecule has 2 aromatic rings. The van der Waals surface area contributed by atoms with Gasteiger partial charge in [0.1, 0.15) is 0 Å². The van der Waals surface area contributed by atoms with E-state index in [1.54, 1.807) is 0 Å². The number of nitriles is 1. The minimum atomic E-state index is 0.166. The van der Waals surface area contributed by atoms with Crippen LogP contribution in [0.3, 0.4) is 0 Å². The zero-order valence-corrected chi connectivity index (χ0v) is 9.80. The van der Waals surface area contributed by atoms with Crippen molar-refractivity contribution in [2.75, 3.05) is 0 Å². The summed E-state index contributed by atoms with van der Waals surface area (Å²) in [5, 5.41) is 12.3. The molecule has 0 aromatic heterocycles. The van der Waals surface area contributed by atoms with E-state index in [1.807, 2.05) is 48.7 Å². The summed E-state index contributed by atoms with van der Waals surface area (Å²) in [6.45, 7) is 0. The summed E-state index contributed by atoms with van der Waals surface area (Å²) in [5.74, 6) is 0. The number of nitrogens with one attached hydrogen (secondary N) is 1. The molecule has 86 valence electrons. The van der Waals surface area contributed by atoms with Gasteiger partial charge in [-0.15, -0.1) is 0 Å². The van der Waals surface area contributed by atoms with Crippen molar-refractivity contribution in [2.24, 2.45) is 0 Å². The fraction of sp³-hybridized carbons (Fsp3) is 0.0625. The van der Waals surface area contributed by atoms with E-state index >= 15 is 0 Å². The van der Waals surface area contributed by atoms with Gasteiger partial charge in [-0.1, -0.05) is 36.4 Å². The fourth-order valence-electron chi connectivity index (χ4n) is 2.30. The molecule has 0 spiro atoms.